The van der Waals surface area contributed by atoms with Gasteiger partial charge in [0.2, 0.25) is 11.8 Å². The quantitative estimate of drug-likeness (QED) is 0.240. The summed E-state index contributed by atoms with van der Waals surface area (Å²) in [6.45, 7) is 0.888. The molecule has 1 aromatic carbocycles. The highest BCUT2D eigenvalue weighted by molar-refractivity contribution is 7.98. The molecule has 0 radical (unpaired) electrons. The topological polar surface area (TPSA) is 114 Å². The predicted octanol–water partition coefficient (Wildman–Crippen LogP) is 2.60. The number of amides is 2. The van der Waals surface area contributed by atoms with Crippen LogP contribution in [0, 0.1) is 5.92 Å². The van der Waals surface area contributed by atoms with Crippen molar-refractivity contribution in [2.75, 3.05) is 38.7 Å². The van der Waals surface area contributed by atoms with Crippen molar-refractivity contribution in [3.05, 3.63) is 48.0 Å². The zero-order valence-corrected chi connectivity index (χ0v) is 21.1. The summed E-state index contributed by atoms with van der Waals surface area (Å²) in [4.78, 5) is 37.7. The number of ether oxygens (including phenoxy) is 2. The zero-order valence-electron chi connectivity index (χ0n) is 20.3. The largest absolute Gasteiger partial charge is 0.463 e. The third-order valence-corrected chi connectivity index (χ3v) is 6.59. The average molecular weight is 507 g/mol. The van der Waals surface area contributed by atoms with Crippen molar-refractivity contribution in [1.29, 1.82) is 0 Å². The van der Waals surface area contributed by atoms with Crippen LogP contribution in [-0.4, -0.2) is 67.7 Å². The van der Waals surface area contributed by atoms with Crippen LogP contribution in [0.25, 0.3) is 0 Å². The second kappa shape index (κ2) is 18.0. The van der Waals surface area contributed by atoms with E-state index in [2.05, 4.69) is 22.8 Å². The molecule has 35 heavy (non-hydrogen) atoms. The fourth-order valence-corrected chi connectivity index (χ4v) is 4.54. The Kier molecular flexibility index (Phi) is 14.8. The van der Waals surface area contributed by atoms with Crippen LogP contribution in [0.3, 0.4) is 0 Å². The van der Waals surface area contributed by atoms with Crippen LogP contribution in [0.1, 0.15) is 44.1 Å². The molecule has 1 aromatic rings. The van der Waals surface area contributed by atoms with Crippen molar-refractivity contribution < 1.29 is 29.0 Å². The first kappa shape index (κ1) is 28.9. The first-order valence-corrected chi connectivity index (χ1v) is 13.4. The molecule has 0 bridgehead atoms. The highest BCUT2D eigenvalue weighted by atomic mass is 32.2. The van der Waals surface area contributed by atoms with Crippen molar-refractivity contribution in [3.63, 3.8) is 0 Å². The molecule has 194 valence electrons. The summed E-state index contributed by atoms with van der Waals surface area (Å²) >= 11 is 1.66. The van der Waals surface area contributed by atoms with Crippen molar-refractivity contribution >= 4 is 29.5 Å². The number of hydrogen-bond acceptors (Lipinski definition) is 7. The van der Waals surface area contributed by atoms with E-state index in [0.717, 1.165) is 25.0 Å². The minimum Gasteiger partial charge on any atom is -0.463 e. The molecule has 9 heteroatoms. The number of nitrogens with one attached hydrogen (secondary N) is 2. The van der Waals surface area contributed by atoms with Crippen molar-refractivity contribution in [1.82, 2.24) is 10.6 Å². The molecule has 2 atom stereocenters. The number of thioether (sulfide) groups is 1. The average Bonchev–Trinajstić information content (AvgIpc) is 2.85. The molecular formula is C26H38N2O6S. The number of esters is 1. The van der Waals surface area contributed by atoms with E-state index in [-0.39, 0.29) is 50.1 Å². The summed E-state index contributed by atoms with van der Waals surface area (Å²) in [5.74, 6) is 0.148. The number of cyclic esters (lactones) is 1. The Hall–Kier alpha value is -2.36. The maximum Gasteiger partial charge on any atom is 0.305 e. The lowest BCUT2D eigenvalue weighted by Gasteiger charge is -2.22. The molecule has 2 rings (SSSR count). The van der Waals surface area contributed by atoms with Crippen LogP contribution < -0.4 is 10.6 Å². The predicted molar refractivity (Wildman–Crippen MR) is 137 cm³/mol. The van der Waals surface area contributed by atoms with E-state index in [1.54, 1.807) is 11.8 Å². The van der Waals surface area contributed by atoms with Gasteiger partial charge in [0, 0.05) is 30.9 Å². The van der Waals surface area contributed by atoms with Gasteiger partial charge in [-0.3, -0.25) is 14.4 Å². The number of aliphatic hydroxyl groups is 1. The van der Waals surface area contributed by atoms with Gasteiger partial charge in [0.25, 0.3) is 0 Å². The van der Waals surface area contributed by atoms with Gasteiger partial charge in [-0.2, -0.15) is 11.8 Å². The number of rotatable bonds is 11. The number of allylic oxidation sites excluding steroid dienone is 2. The summed E-state index contributed by atoms with van der Waals surface area (Å²) in [6, 6.07) is 9.71. The molecule has 3 N–H and O–H groups in total. The molecule has 0 aliphatic carbocycles. The molecule has 1 aliphatic rings. The van der Waals surface area contributed by atoms with Gasteiger partial charge in [0.1, 0.15) is 6.61 Å². The Morgan fingerprint density at radius 3 is 2.80 bits per heavy atom. The van der Waals surface area contributed by atoms with Crippen LogP contribution in [0.15, 0.2) is 42.5 Å². The van der Waals surface area contributed by atoms with E-state index >= 15 is 0 Å². The highest BCUT2D eigenvalue weighted by Gasteiger charge is 2.24. The lowest BCUT2D eigenvalue weighted by atomic mass is 9.98. The van der Waals surface area contributed by atoms with Gasteiger partial charge in [-0.1, -0.05) is 42.5 Å². The fourth-order valence-electron chi connectivity index (χ4n) is 3.53. The first-order valence-electron chi connectivity index (χ1n) is 12.3. The maximum absolute atomic E-state index is 13.1. The van der Waals surface area contributed by atoms with Gasteiger partial charge in [-0.05, 0) is 31.2 Å². The van der Waals surface area contributed by atoms with Gasteiger partial charge < -0.3 is 25.2 Å². The summed E-state index contributed by atoms with van der Waals surface area (Å²) < 4.78 is 10.6. The van der Waals surface area contributed by atoms with E-state index in [1.807, 2.05) is 30.4 Å². The van der Waals surface area contributed by atoms with E-state index < -0.39 is 5.92 Å². The van der Waals surface area contributed by atoms with Gasteiger partial charge in [-0.15, -0.1) is 0 Å². The summed E-state index contributed by atoms with van der Waals surface area (Å²) in [6.07, 6.45) is 7.28. The van der Waals surface area contributed by atoms with Crippen molar-refractivity contribution in [3.8, 4) is 0 Å². The monoisotopic (exact) mass is 506 g/mol. The van der Waals surface area contributed by atoms with E-state index in [9.17, 15) is 14.4 Å². The summed E-state index contributed by atoms with van der Waals surface area (Å²) in [7, 11) is 0. The van der Waals surface area contributed by atoms with Crippen LogP contribution >= 0.6 is 11.8 Å². The van der Waals surface area contributed by atoms with E-state index in [4.69, 9.17) is 14.6 Å². The van der Waals surface area contributed by atoms with Gasteiger partial charge >= 0.3 is 5.97 Å². The SMILES string of the molecule is O=C(CC1CC=CCCCCC(=O)OCC(CSCc2ccccc2)NC1=O)NCCOCCO. The fraction of sp³-hybridized carbons (Fsp3) is 0.577. The third-order valence-electron chi connectivity index (χ3n) is 5.42. The molecular weight excluding hydrogens is 468 g/mol. The molecule has 0 aromatic heterocycles. The highest BCUT2D eigenvalue weighted by Crippen LogP contribution is 2.16. The first-order chi connectivity index (χ1) is 17.1. The smallest absolute Gasteiger partial charge is 0.305 e. The lowest BCUT2D eigenvalue weighted by molar-refractivity contribution is -0.145. The Morgan fingerprint density at radius 1 is 1.17 bits per heavy atom. The van der Waals surface area contributed by atoms with E-state index in [1.165, 1.54) is 5.56 Å². The van der Waals surface area contributed by atoms with Crippen LogP contribution in [0.4, 0.5) is 0 Å². The number of benzene rings is 1. The molecule has 2 amide bonds. The normalized spacial score (nSPS) is 19.9. The molecule has 0 saturated carbocycles. The minimum absolute atomic E-state index is 0.0554. The number of carbonyl (C=O) groups excluding carboxylic acids is 3. The summed E-state index contributed by atoms with van der Waals surface area (Å²) in [5.41, 5.74) is 1.18. The number of carbonyl (C=O) groups is 3. The van der Waals surface area contributed by atoms with Crippen LogP contribution in [-0.2, 0) is 29.6 Å². The van der Waals surface area contributed by atoms with Gasteiger partial charge in [0.05, 0.1) is 31.8 Å². The molecule has 2 unspecified atom stereocenters. The van der Waals surface area contributed by atoms with Crippen LogP contribution in [0.2, 0.25) is 0 Å². The Morgan fingerprint density at radius 2 is 2.00 bits per heavy atom. The Labute approximate surface area is 212 Å². The standard InChI is InChI=1S/C26H38N2O6S/c29-14-16-33-15-13-27-24(30)17-22-11-7-2-1-3-8-12-25(31)34-18-23(28-26(22)32)20-35-19-21-9-5-4-6-10-21/h2,4-7,9-10,22-23,29H,1,3,8,11-20H2,(H,27,30)(H,28,32). The number of hydrogen-bond donors (Lipinski definition) is 3. The lowest BCUT2D eigenvalue weighted by Crippen LogP contribution is -2.44. The summed E-state index contributed by atoms with van der Waals surface area (Å²) in [5, 5.41) is 14.5. The molecule has 1 aliphatic heterocycles. The zero-order chi connectivity index (χ0) is 25.1. The second-order valence-corrected chi connectivity index (χ2v) is 9.46. The van der Waals surface area contributed by atoms with Crippen molar-refractivity contribution in [2.45, 2.75) is 50.3 Å². The van der Waals surface area contributed by atoms with Crippen molar-refractivity contribution in [2.24, 2.45) is 5.92 Å². The minimum atomic E-state index is -0.523. The Balaban J connectivity index is 1.97. The molecule has 0 fully saturated rings. The third kappa shape index (κ3) is 13.3. The van der Waals surface area contributed by atoms with Crippen LogP contribution in [0.5, 0.6) is 0 Å². The molecule has 1 heterocycles. The second-order valence-electron chi connectivity index (χ2n) is 8.43. The van der Waals surface area contributed by atoms with Gasteiger partial charge in [-0.25, -0.2) is 0 Å². The van der Waals surface area contributed by atoms with E-state index in [0.29, 0.717) is 31.7 Å². The molecule has 8 nitrogen and oxygen atoms in total. The Bertz CT molecular complexity index is 789. The van der Waals surface area contributed by atoms with Gasteiger partial charge in [0.15, 0.2) is 0 Å². The molecule has 0 saturated heterocycles. The maximum atomic E-state index is 13.1. The molecule has 0 spiro atoms. The number of aliphatic hydroxyl groups excluding tert-OH is 1.